The Labute approximate surface area is 129 Å². The molecule has 1 unspecified atom stereocenters. The first kappa shape index (κ1) is 18.1. The quantitative estimate of drug-likeness (QED) is 0.717. The maximum atomic E-state index is 10.5. The van der Waals surface area contributed by atoms with Gasteiger partial charge in [0.2, 0.25) is 0 Å². The molecule has 3 nitrogen and oxygen atoms in total. The topological polar surface area (TPSA) is 32.7 Å². The van der Waals surface area contributed by atoms with E-state index in [1.54, 1.807) is 7.11 Å². The van der Waals surface area contributed by atoms with Crippen LogP contribution in [0.2, 0.25) is 0 Å². The third-order valence-corrected chi connectivity index (χ3v) is 4.22. The number of benzene rings is 1. The van der Waals surface area contributed by atoms with E-state index in [4.69, 9.17) is 4.74 Å². The zero-order valence-corrected chi connectivity index (χ0v) is 14.0. The molecule has 0 bridgehead atoms. The van der Waals surface area contributed by atoms with Crippen LogP contribution < -0.4 is 0 Å². The van der Waals surface area contributed by atoms with Gasteiger partial charge >= 0.3 is 0 Å². The Morgan fingerprint density at radius 3 is 2.19 bits per heavy atom. The number of rotatable bonds is 10. The third-order valence-electron chi connectivity index (χ3n) is 4.22. The Kier molecular flexibility index (Phi) is 8.58. The van der Waals surface area contributed by atoms with E-state index in [9.17, 15) is 5.11 Å². The molecule has 0 spiro atoms. The van der Waals surface area contributed by atoms with Crippen LogP contribution in [0, 0.1) is 0 Å². The van der Waals surface area contributed by atoms with Crippen LogP contribution in [0.5, 0.6) is 0 Å². The second-order valence-corrected chi connectivity index (χ2v) is 5.57. The smallest absolute Gasteiger partial charge is 0.0917 e. The molecule has 0 fully saturated rings. The van der Waals surface area contributed by atoms with Crippen LogP contribution in [0.1, 0.15) is 50.8 Å². The Bertz CT molecular complexity index is 373. The molecule has 0 saturated heterocycles. The number of hydrogen-bond acceptors (Lipinski definition) is 3. The average molecular weight is 293 g/mol. The van der Waals surface area contributed by atoms with Gasteiger partial charge in [-0.15, -0.1) is 0 Å². The van der Waals surface area contributed by atoms with Crippen LogP contribution in [0.3, 0.4) is 0 Å². The summed E-state index contributed by atoms with van der Waals surface area (Å²) in [7, 11) is 1.73. The Morgan fingerprint density at radius 2 is 1.71 bits per heavy atom. The van der Waals surface area contributed by atoms with E-state index in [-0.39, 0.29) is 0 Å². The average Bonchev–Trinajstić information content (AvgIpc) is 2.53. The van der Waals surface area contributed by atoms with E-state index < -0.39 is 6.10 Å². The highest BCUT2D eigenvalue weighted by Gasteiger charge is 2.19. The second-order valence-electron chi connectivity index (χ2n) is 5.57. The van der Waals surface area contributed by atoms with Gasteiger partial charge in [-0.2, -0.15) is 0 Å². The molecule has 0 heterocycles. The fraction of sp³-hybridized carbons (Fsp3) is 0.667. The summed E-state index contributed by atoms with van der Waals surface area (Å²) in [5.41, 5.74) is 2.31. The van der Waals surface area contributed by atoms with E-state index in [1.165, 1.54) is 5.56 Å². The first-order valence-corrected chi connectivity index (χ1v) is 8.16. The summed E-state index contributed by atoms with van der Waals surface area (Å²) in [5, 5.41) is 10.5. The van der Waals surface area contributed by atoms with Crippen LogP contribution in [-0.4, -0.2) is 42.9 Å². The predicted octanol–water partition coefficient (Wildman–Crippen LogP) is 3.42. The third kappa shape index (κ3) is 5.77. The van der Waals surface area contributed by atoms with Crippen molar-refractivity contribution in [3.8, 4) is 0 Å². The zero-order chi connectivity index (χ0) is 15.7. The van der Waals surface area contributed by atoms with Gasteiger partial charge in [0.25, 0.3) is 0 Å². The molecule has 1 N–H and O–H groups in total. The molecular weight excluding hydrogens is 262 g/mol. The van der Waals surface area contributed by atoms with Crippen molar-refractivity contribution < 1.29 is 9.84 Å². The van der Waals surface area contributed by atoms with Crippen molar-refractivity contribution in [3.63, 3.8) is 0 Å². The van der Waals surface area contributed by atoms with Gasteiger partial charge in [0, 0.05) is 26.2 Å². The molecule has 0 saturated carbocycles. The van der Waals surface area contributed by atoms with E-state index in [0.29, 0.717) is 19.2 Å². The van der Waals surface area contributed by atoms with E-state index in [0.717, 1.165) is 31.4 Å². The van der Waals surface area contributed by atoms with Crippen molar-refractivity contribution >= 4 is 0 Å². The van der Waals surface area contributed by atoms with Gasteiger partial charge in [0.15, 0.2) is 0 Å². The highest BCUT2D eigenvalue weighted by atomic mass is 16.5. The lowest BCUT2D eigenvalue weighted by Crippen LogP contribution is -2.39. The number of aliphatic hydroxyl groups is 1. The van der Waals surface area contributed by atoms with Crippen LogP contribution >= 0.6 is 0 Å². The van der Waals surface area contributed by atoms with Gasteiger partial charge in [-0.25, -0.2) is 0 Å². The minimum absolute atomic E-state index is 0.437. The minimum Gasteiger partial charge on any atom is -0.387 e. The number of ether oxygens (including phenoxy) is 1. The maximum Gasteiger partial charge on any atom is 0.0917 e. The molecule has 3 heteroatoms. The van der Waals surface area contributed by atoms with Crippen molar-refractivity contribution in [1.29, 1.82) is 0 Å². The molecule has 21 heavy (non-hydrogen) atoms. The monoisotopic (exact) mass is 293 g/mol. The number of hydrogen-bond donors (Lipinski definition) is 1. The number of methoxy groups -OCH3 is 1. The first-order valence-electron chi connectivity index (χ1n) is 8.16. The number of aliphatic hydroxyl groups excluding tert-OH is 1. The number of nitrogens with zero attached hydrogens (tertiary/aromatic N) is 1. The summed E-state index contributed by atoms with van der Waals surface area (Å²) >= 11 is 0. The second kappa shape index (κ2) is 9.93. The standard InChI is InChI=1S/C18H31NO2/c1-5-15-8-10-16(11-9-15)18(20)14-19(12-13-21-4)17(6-2)7-3/h8-11,17-18,20H,5-7,12-14H2,1-4H3. The molecule has 0 radical (unpaired) electrons. The van der Waals surface area contributed by atoms with Gasteiger partial charge in [0.05, 0.1) is 12.7 Å². The minimum atomic E-state index is -0.437. The molecule has 1 rings (SSSR count). The van der Waals surface area contributed by atoms with Crippen LogP contribution in [0.4, 0.5) is 0 Å². The largest absolute Gasteiger partial charge is 0.387 e. The summed E-state index contributed by atoms with van der Waals surface area (Å²) < 4.78 is 5.21. The fourth-order valence-electron chi connectivity index (χ4n) is 2.74. The van der Waals surface area contributed by atoms with E-state index >= 15 is 0 Å². The molecule has 0 aliphatic rings. The van der Waals surface area contributed by atoms with Gasteiger partial charge in [-0.05, 0) is 30.4 Å². The van der Waals surface area contributed by atoms with Gasteiger partial charge in [-0.3, -0.25) is 4.90 Å². The van der Waals surface area contributed by atoms with E-state index in [2.05, 4.69) is 37.8 Å². The Balaban J connectivity index is 2.70. The molecule has 0 aliphatic heterocycles. The Morgan fingerprint density at radius 1 is 1.10 bits per heavy atom. The van der Waals surface area contributed by atoms with Crippen LogP contribution in [0.25, 0.3) is 0 Å². The lowest BCUT2D eigenvalue weighted by atomic mass is 10.0. The first-order chi connectivity index (χ1) is 10.2. The van der Waals surface area contributed by atoms with Crippen LogP contribution in [-0.2, 0) is 11.2 Å². The molecule has 0 amide bonds. The molecule has 1 atom stereocenters. The Hall–Kier alpha value is -0.900. The fourth-order valence-corrected chi connectivity index (χ4v) is 2.74. The highest BCUT2D eigenvalue weighted by Crippen LogP contribution is 2.18. The van der Waals surface area contributed by atoms with E-state index in [1.807, 2.05) is 12.1 Å². The molecule has 1 aromatic carbocycles. The summed E-state index contributed by atoms with van der Waals surface area (Å²) in [6.07, 6.45) is 2.79. The summed E-state index contributed by atoms with van der Waals surface area (Å²) in [6.45, 7) is 8.80. The number of aryl methyl sites for hydroxylation is 1. The maximum absolute atomic E-state index is 10.5. The summed E-state index contributed by atoms with van der Waals surface area (Å²) in [4.78, 5) is 2.35. The lowest BCUT2D eigenvalue weighted by Gasteiger charge is -2.32. The molecule has 0 aromatic heterocycles. The normalized spacial score (nSPS) is 13.1. The molecule has 0 aliphatic carbocycles. The van der Waals surface area contributed by atoms with Gasteiger partial charge in [-0.1, -0.05) is 45.0 Å². The van der Waals surface area contributed by atoms with Crippen molar-refractivity contribution in [2.75, 3.05) is 26.8 Å². The van der Waals surface area contributed by atoms with Crippen molar-refractivity contribution in [2.45, 2.75) is 52.2 Å². The predicted molar refractivity (Wildman–Crippen MR) is 88.6 cm³/mol. The lowest BCUT2D eigenvalue weighted by molar-refractivity contribution is 0.0608. The SMILES string of the molecule is CCc1ccc(C(O)CN(CCOC)C(CC)CC)cc1. The summed E-state index contributed by atoms with van der Waals surface area (Å²) in [6, 6.07) is 8.81. The summed E-state index contributed by atoms with van der Waals surface area (Å²) in [5.74, 6) is 0. The molecule has 120 valence electrons. The van der Waals surface area contributed by atoms with Crippen LogP contribution in [0.15, 0.2) is 24.3 Å². The highest BCUT2D eigenvalue weighted by molar-refractivity contribution is 5.24. The molecule has 1 aromatic rings. The van der Waals surface area contributed by atoms with Gasteiger partial charge in [0.1, 0.15) is 0 Å². The van der Waals surface area contributed by atoms with Crippen molar-refractivity contribution in [1.82, 2.24) is 4.90 Å². The zero-order valence-electron chi connectivity index (χ0n) is 14.0. The molecular formula is C18H31NO2. The van der Waals surface area contributed by atoms with Crippen molar-refractivity contribution in [2.24, 2.45) is 0 Å². The van der Waals surface area contributed by atoms with Gasteiger partial charge < -0.3 is 9.84 Å². The van der Waals surface area contributed by atoms with Crippen molar-refractivity contribution in [3.05, 3.63) is 35.4 Å².